The van der Waals surface area contributed by atoms with Crippen LogP contribution in [-0.4, -0.2) is 41.4 Å². The number of benzene rings is 1. The molecule has 0 spiro atoms. The van der Waals surface area contributed by atoms with Crippen LogP contribution in [0.15, 0.2) is 24.3 Å². The first-order valence-electron chi connectivity index (χ1n) is 8.55. The van der Waals surface area contributed by atoms with Gasteiger partial charge >= 0.3 is 0 Å². The van der Waals surface area contributed by atoms with E-state index in [2.05, 4.69) is 20.5 Å². The molecule has 2 N–H and O–H groups in total. The van der Waals surface area contributed by atoms with Crippen molar-refractivity contribution in [1.29, 1.82) is 0 Å². The van der Waals surface area contributed by atoms with Crippen molar-refractivity contribution in [3.05, 3.63) is 34.8 Å². The number of nitrogens with one attached hydrogen (secondary N) is 2. The van der Waals surface area contributed by atoms with Gasteiger partial charge in [-0.25, -0.2) is 4.98 Å². The van der Waals surface area contributed by atoms with E-state index in [0.29, 0.717) is 36.3 Å². The molecule has 1 aliphatic heterocycles. The molecule has 2 heterocycles. The van der Waals surface area contributed by atoms with Crippen molar-refractivity contribution in [2.24, 2.45) is 0 Å². The minimum Gasteiger partial charge on any atom is -0.492 e. The maximum Gasteiger partial charge on any atom is 0.238 e. The maximum atomic E-state index is 12.4. The summed E-state index contributed by atoms with van der Waals surface area (Å²) in [4.78, 5) is 31.2. The van der Waals surface area contributed by atoms with Crippen molar-refractivity contribution in [2.75, 3.05) is 30.3 Å². The second-order valence-corrected chi connectivity index (χ2v) is 7.09. The number of amides is 2. The van der Waals surface area contributed by atoms with Crippen LogP contribution < -0.4 is 15.4 Å². The molecule has 0 radical (unpaired) electrons. The van der Waals surface area contributed by atoms with Crippen LogP contribution in [0.1, 0.15) is 24.4 Å². The first-order valence-corrected chi connectivity index (χ1v) is 9.37. The number of thiazole rings is 1. The highest BCUT2D eigenvalue weighted by atomic mass is 32.1. The number of fused-ring (bicyclic) bond motifs is 1. The molecule has 1 aromatic carbocycles. The summed E-state index contributed by atoms with van der Waals surface area (Å²) < 4.78 is 5.54. The summed E-state index contributed by atoms with van der Waals surface area (Å²) in [5.41, 5.74) is 1.69. The molecule has 0 saturated heterocycles. The van der Waals surface area contributed by atoms with Gasteiger partial charge in [-0.15, -0.1) is 11.3 Å². The third-order valence-electron chi connectivity index (χ3n) is 3.92. The Bertz CT molecular complexity index is 805. The third-order valence-corrected chi connectivity index (χ3v) is 4.92. The highest BCUT2D eigenvalue weighted by Gasteiger charge is 2.22. The molecule has 7 nitrogen and oxygen atoms in total. The zero-order valence-corrected chi connectivity index (χ0v) is 15.7. The van der Waals surface area contributed by atoms with Gasteiger partial charge in [0.05, 0.1) is 24.5 Å². The Balaban J connectivity index is 1.59. The summed E-state index contributed by atoms with van der Waals surface area (Å²) in [6.45, 7) is 5.65. The van der Waals surface area contributed by atoms with Crippen LogP contribution in [0.5, 0.6) is 5.75 Å². The molecule has 2 amide bonds. The SMILES string of the molecule is CCOc1ccccc1NC(=O)CN1CCc2nc(NC(C)=O)sc2C1. The molecule has 138 valence electrons. The fourth-order valence-electron chi connectivity index (χ4n) is 2.83. The van der Waals surface area contributed by atoms with Gasteiger partial charge in [0.25, 0.3) is 0 Å². The molecule has 3 rings (SSSR count). The Labute approximate surface area is 156 Å². The van der Waals surface area contributed by atoms with E-state index in [0.717, 1.165) is 23.5 Å². The van der Waals surface area contributed by atoms with Crippen LogP contribution in [0.25, 0.3) is 0 Å². The summed E-state index contributed by atoms with van der Waals surface area (Å²) in [6.07, 6.45) is 0.772. The average Bonchev–Trinajstić information content (AvgIpc) is 2.97. The van der Waals surface area contributed by atoms with Gasteiger partial charge < -0.3 is 15.4 Å². The molecule has 0 fully saturated rings. The number of hydrogen-bond donors (Lipinski definition) is 2. The van der Waals surface area contributed by atoms with Gasteiger partial charge in [-0.2, -0.15) is 0 Å². The van der Waals surface area contributed by atoms with Crippen LogP contribution in [0.3, 0.4) is 0 Å². The number of para-hydroxylation sites is 2. The van der Waals surface area contributed by atoms with Crippen molar-refractivity contribution in [3.8, 4) is 5.75 Å². The minimum atomic E-state index is -0.125. The molecule has 2 aromatic rings. The van der Waals surface area contributed by atoms with Crippen molar-refractivity contribution in [1.82, 2.24) is 9.88 Å². The average molecular weight is 374 g/mol. The number of anilines is 2. The Morgan fingerprint density at radius 3 is 2.88 bits per heavy atom. The Kier molecular flexibility index (Phi) is 5.85. The lowest BCUT2D eigenvalue weighted by molar-refractivity contribution is -0.117. The van der Waals surface area contributed by atoms with Crippen LogP contribution in [0, 0.1) is 0 Å². The molecule has 0 aliphatic carbocycles. The number of ether oxygens (including phenoxy) is 1. The predicted molar refractivity (Wildman–Crippen MR) is 102 cm³/mol. The Hall–Kier alpha value is -2.45. The number of rotatable bonds is 6. The number of carbonyl (C=O) groups excluding carboxylic acids is 2. The summed E-state index contributed by atoms with van der Waals surface area (Å²) >= 11 is 1.47. The van der Waals surface area contributed by atoms with Gasteiger partial charge in [0, 0.05) is 31.3 Å². The normalized spacial score (nSPS) is 13.8. The molecule has 0 bridgehead atoms. The van der Waals surface area contributed by atoms with Crippen molar-refractivity contribution >= 4 is 34.0 Å². The molecule has 1 aromatic heterocycles. The standard InChI is InChI=1S/C18H22N4O3S/c1-3-25-15-7-5-4-6-13(15)20-17(24)11-22-9-8-14-16(10-22)26-18(21-14)19-12(2)23/h4-7H,3,8-11H2,1-2H3,(H,20,24)(H,19,21,23). The molecule has 0 unspecified atom stereocenters. The fourth-order valence-corrected chi connectivity index (χ4v) is 3.93. The van der Waals surface area contributed by atoms with Gasteiger partial charge in [0.15, 0.2) is 5.13 Å². The molecular formula is C18H22N4O3S. The molecule has 0 atom stereocenters. The second kappa shape index (κ2) is 8.29. The van der Waals surface area contributed by atoms with E-state index in [-0.39, 0.29) is 11.8 Å². The topological polar surface area (TPSA) is 83.6 Å². The number of carbonyl (C=O) groups is 2. The van der Waals surface area contributed by atoms with E-state index in [9.17, 15) is 9.59 Å². The van der Waals surface area contributed by atoms with Crippen molar-refractivity contribution < 1.29 is 14.3 Å². The fraction of sp³-hybridized carbons (Fsp3) is 0.389. The van der Waals surface area contributed by atoms with Gasteiger partial charge in [-0.1, -0.05) is 12.1 Å². The monoisotopic (exact) mass is 374 g/mol. The highest BCUT2D eigenvalue weighted by Crippen LogP contribution is 2.28. The zero-order valence-electron chi connectivity index (χ0n) is 14.9. The molecule has 26 heavy (non-hydrogen) atoms. The van der Waals surface area contributed by atoms with Gasteiger partial charge in [-0.3, -0.25) is 14.5 Å². The van der Waals surface area contributed by atoms with E-state index < -0.39 is 0 Å². The van der Waals surface area contributed by atoms with Crippen LogP contribution in [0.4, 0.5) is 10.8 Å². The summed E-state index contributed by atoms with van der Waals surface area (Å²) in [6, 6.07) is 7.42. The highest BCUT2D eigenvalue weighted by molar-refractivity contribution is 7.15. The van der Waals surface area contributed by atoms with E-state index in [1.54, 1.807) is 0 Å². The summed E-state index contributed by atoms with van der Waals surface area (Å²) in [5.74, 6) is 0.471. The lowest BCUT2D eigenvalue weighted by Gasteiger charge is -2.25. The number of aromatic nitrogens is 1. The van der Waals surface area contributed by atoms with E-state index in [1.165, 1.54) is 18.3 Å². The predicted octanol–water partition coefficient (Wildman–Crippen LogP) is 2.50. The minimum absolute atomic E-state index is 0.0767. The molecule has 0 saturated carbocycles. The third kappa shape index (κ3) is 4.59. The molecule has 1 aliphatic rings. The van der Waals surface area contributed by atoms with Crippen LogP contribution >= 0.6 is 11.3 Å². The van der Waals surface area contributed by atoms with Gasteiger partial charge in [-0.05, 0) is 19.1 Å². The van der Waals surface area contributed by atoms with Gasteiger partial charge in [0.2, 0.25) is 11.8 Å². The maximum absolute atomic E-state index is 12.4. The van der Waals surface area contributed by atoms with E-state index in [1.807, 2.05) is 31.2 Å². The second-order valence-electron chi connectivity index (χ2n) is 6.01. The number of nitrogens with zero attached hydrogens (tertiary/aromatic N) is 2. The largest absolute Gasteiger partial charge is 0.492 e. The lowest BCUT2D eigenvalue weighted by atomic mass is 10.2. The Morgan fingerprint density at radius 1 is 1.31 bits per heavy atom. The van der Waals surface area contributed by atoms with Crippen LogP contribution in [-0.2, 0) is 22.6 Å². The van der Waals surface area contributed by atoms with E-state index >= 15 is 0 Å². The Morgan fingerprint density at radius 2 is 2.12 bits per heavy atom. The first kappa shape index (κ1) is 18.3. The zero-order chi connectivity index (χ0) is 18.5. The van der Waals surface area contributed by atoms with Crippen molar-refractivity contribution in [2.45, 2.75) is 26.8 Å². The lowest BCUT2D eigenvalue weighted by Crippen LogP contribution is -2.36. The van der Waals surface area contributed by atoms with Crippen LogP contribution in [0.2, 0.25) is 0 Å². The smallest absolute Gasteiger partial charge is 0.238 e. The van der Waals surface area contributed by atoms with Crippen molar-refractivity contribution in [3.63, 3.8) is 0 Å². The van der Waals surface area contributed by atoms with E-state index in [4.69, 9.17) is 4.74 Å². The number of hydrogen-bond acceptors (Lipinski definition) is 6. The summed E-state index contributed by atoms with van der Waals surface area (Å²) in [7, 11) is 0. The molecular weight excluding hydrogens is 352 g/mol. The van der Waals surface area contributed by atoms with Gasteiger partial charge in [0.1, 0.15) is 5.75 Å². The first-order chi connectivity index (χ1) is 12.5. The quantitative estimate of drug-likeness (QED) is 0.812. The summed E-state index contributed by atoms with van der Waals surface area (Å²) in [5, 5.41) is 6.27. The molecule has 8 heteroatoms.